The van der Waals surface area contributed by atoms with Crippen LogP contribution in [0.1, 0.15) is 21.2 Å². The monoisotopic (exact) mass is 540 g/mol. The first-order chi connectivity index (χ1) is 18.5. The van der Waals surface area contributed by atoms with Gasteiger partial charge < -0.3 is 10.6 Å². The van der Waals surface area contributed by atoms with Crippen LogP contribution in [0.15, 0.2) is 108 Å². The molecule has 1 aromatic heterocycles. The van der Waals surface area contributed by atoms with E-state index in [0.29, 0.717) is 16.4 Å². The number of para-hydroxylation sites is 1. The van der Waals surface area contributed by atoms with Crippen molar-refractivity contribution in [3.63, 3.8) is 0 Å². The summed E-state index contributed by atoms with van der Waals surface area (Å²) in [6.45, 7) is 0. The number of benzene rings is 4. The first kappa shape index (κ1) is 25.1. The molecule has 0 spiro atoms. The number of fused-ring (bicyclic) bond motifs is 1. The van der Waals surface area contributed by atoms with Crippen LogP contribution >= 0.6 is 23.1 Å². The maximum Gasteiger partial charge on any atom is 0.269 e. The van der Waals surface area contributed by atoms with Crippen molar-refractivity contribution in [1.29, 1.82) is 0 Å². The van der Waals surface area contributed by atoms with Gasteiger partial charge in [0.05, 0.1) is 15.1 Å². The zero-order valence-corrected chi connectivity index (χ0v) is 21.4. The summed E-state index contributed by atoms with van der Waals surface area (Å²) in [7, 11) is 0. The molecule has 0 fully saturated rings. The zero-order chi connectivity index (χ0) is 26.5. The summed E-state index contributed by atoms with van der Waals surface area (Å²) in [6.07, 6.45) is 0. The van der Waals surface area contributed by atoms with E-state index in [9.17, 15) is 19.7 Å². The summed E-state index contributed by atoms with van der Waals surface area (Å²) in [5, 5.41) is 16.6. The highest BCUT2D eigenvalue weighted by atomic mass is 32.2. The molecule has 1 unspecified atom stereocenters. The average Bonchev–Trinajstić information content (AvgIpc) is 3.34. The minimum absolute atomic E-state index is 0.0870. The van der Waals surface area contributed by atoms with Gasteiger partial charge in [0.25, 0.3) is 11.6 Å². The minimum Gasteiger partial charge on any atom is -0.322 e. The lowest BCUT2D eigenvalue weighted by atomic mass is 10.1. The Labute approximate surface area is 225 Å². The van der Waals surface area contributed by atoms with E-state index in [1.54, 1.807) is 18.2 Å². The Morgan fingerprint density at radius 1 is 0.868 bits per heavy atom. The predicted molar refractivity (Wildman–Crippen MR) is 151 cm³/mol. The van der Waals surface area contributed by atoms with Gasteiger partial charge in [0.15, 0.2) is 5.13 Å². The van der Waals surface area contributed by atoms with E-state index in [1.165, 1.54) is 47.4 Å². The molecule has 4 aromatic carbocycles. The Balaban J connectivity index is 1.34. The maximum atomic E-state index is 13.4. The Morgan fingerprint density at radius 2 is 1.61 bits per heavy atom. The van der Waals surface area contributed by atoms with Gasteiger partial charge in [-0.05, 0) is 48.0 Å². The molecule has 188 valence electrons. The van der Waals surface area contributed by atoms with Gasteiger partial charge in [0.1, 0.15) is 5.25 Å². The highest BCUT2D eigenvalue weighted by Gasteiger charge is 2.23. The third kappa shape index (κ3) is 5.88. The molecule has 10 heteroatoms. The van der Waals surface area contributed by atoms with Crippen molar-refractivity contribution in [2.24, 2.45) is 0 Å². The molecule has 0 bridgehead atoms. The third-order valence-corrected chi connectivity index (χ3v) is 7.75. The second-order valence-electron chi connectivity index (χ2n) is 8.17. The van der Waals surface area contributed by atoms with Crippen molar-refractivity contribution in [3.8, 4) is 0 Å². The van der Waals surface area contributed by atoms with Gasteiger partial charge in [0.2, 0.25) is 5.91 Å². The number of carbonyl (C=O) groups excluding carboxylic acids is 2. The van der Waals surface area contributed by atoms with Crippen molar-refractivity contribution < 1.29 is 14.5 Å². The first-order valence-electron chi connectivity index (χ1n) is 11.5. The number of hydrogen-bond acceptors (Lipinski definition) is 7. The topological polar surface area (TPSA) is 114 Å². The van der Waals surface area contributed by atoms with Crippen molar-refractivity contribution >= 4 is 61.6 Å². The van der Waals surface area contributed by atoms with Crippen LogP contribution in [0.25, 0.3) is 10.2 Å². The third-order valence-electron chi connectivity index (χ3n) is 5.55. The molecule has 8 nitrogen and oxygen atoms in total. The Morgan fingerprint density at radius 3 is 2.34 bits per heavy atom. The fourth-order valence-electron chi connectivity index (χ4n) is 3.72. The van der Waals surface area contributed by atoms with E-state index in [0.717, 1.165) is 20.7 Å². The van der Waals surface area contributed by atoms with E-state index >= 15 is 0 Å². The number of non-ortho nitro benzene ring substituents is 1. The van der Waals surface area contributed by atoms with Gasteiger partial charge in [-0.25, -0.2) is 4.98 Å². The number of amides is 2. The minimum atomic E-state index is -0.566. The fraction of sp³-hybridized carbons (Fsp3) is 0.0357. The molecule has 0 aliphatic rings. The molecule has 1 heterocycles. The maximum absolute atomic E-state index is 13.4. The molecule has 0 radical (unpaired) electrons. The number of rotatable bonds is 8. The second kappa shape index (κ2) is 11.2. The predicted octanol–water partition coefficient (Wildman–Crippen LogP) is 6.93. The van der Waals surface area contributed by atoms with Gasteiger partial charge in [0, 0.05) is 28.3 Å². The van der Waals surface area contributed by atoms with E-state index in [4.69, 9.17) is 0 Å². The number of nitro groups is 1. The van der Waals surface area contributed by atoms with Crippen molar-refractivity contribution in [2.45, 2.75) is 10.1 Å². The molecule has 2 N–H and O–H groups in total. The molecule has 5 rings (SSSR count). The summed E-state index contributed by atoms with van der Waals surface area (Å²) in [4.78, 5) is 41.8. The Hall–Kier alpha value is -4.54. The van der Waals surface area contributed by atoms with Gasteiger partial charge >= 0.3 is 0 Å². The largest absolute Gasteiger partial charge is 0.322 e. The molecule has 0 saturated carbocycles. The van der Waals surface area contributed by atoms with E-state index in [-0.39, 0.29) is 11.6 Å². The van der Waals surface area contributed by atoms with Crippen LogP contribution in [-0.2, 0) is 4.79 Å². The summed E-state index contributed by atoms with van der Waals surface area (Å²) in [5.74, 6) is -0.601. The summed E-state index contributed by atoms with van der Waals surface area (Å²) in [6, 6.07) is 29.7. The van der Waals surface area contributed by atoms with Gasteiger partial charge in [-0.2, -0.15) is 0 Å². The van der Waals surface area contributed by atoms with Crippen LogP contribution in [0.5, 0.6) is 0 Å². The first-order valence-corrected chi connectivity index (χ1v) is 13.2. The fourth-order valence-corrected chi connectivity index (χ4v) is 5.67. The number of thiazole rings is 1. The van der Waals surface area contributed by atoms with Crippen molar-refractivity contribution in [1.82, 2.24) is 4.98 Å². The summed E-state index contributed by atoms with van der Waals surface area (Å²) >= 11 is 2.77. The van der Waals surface area contributed by atoms with Crippen LogP contribution in [-0.4, -0.2) is 21.7 Å². The number of nitro benzene ring substituents is 1. The highest BCUT2D eigenvalue weighted by Crippen LogP contribution is 2.38. The number of anilines is 2. The van der Waals surface area contributed by atoms with E-state index in [2.05, 4.69) is 15.6 Å². The molecular weight excluding hydrogens is 520 g/mol. The zero-order valence-electron chi connectivity index (χ0n) is 19.7. The Kier molecular flexibility index (Phi) is 7.43. The molecular formula is C28H20N4O4S2. The van der Waals surface area contributed by atoms with Crippen LogP contribution in [0.4, 0.5) is 16.5 Å². The van der Waals surface area contributed by atoms with E-state index < -0.39 is 16.1 Å². The summed E-state index contributed by atoms with van der Waals surface area (Å²) < 4.78 is 0.989. The SMILES string of the molecule is O=C(Nc1cccc(SC(C(=O)Nc2nc3ccccc3s2)c2ccccc2)c1)c1ccc([N+](=O)[O-])cc1. The summed E-state index contributed by atoms with van der Waals surface area (Å²) in [5.41, 5.74) is 2.41. The van der Waals surface area contributed by atoms with E-state index in [1.807, 2.05) is 60.7 Å². The lowest BCUT2D eigenvalue weighted by Gasteiger charge is -2.17. The van der Waals surface area contributed by atoms with Crippen molar-refractivity contribution in [3.05, 3.63) is 124 Å². The molecule has 1 atom stereocenters. The Bertz CT molecular complexity index is 1590. The lowest BCUT2D eigenvalue weighted by molar-refractivity contribution is -0.384. The average molecular weight is 541 g/mol. The van der Waals surface area contributed by atoms with Crippen molar-refractivity contribution in [2.75, 3.05) is 10.6 Å². The van der Waals surface area contributed by atoms with Gasteiger partial charge in [-0.1, -0.05) is 59.9 Å². The van der Waals surface area contributed by atoms with Crippen LogP contribution in [0.3, 0.4) is 0 Å². The quantitative estimate of drug-likeness (QED) is 0.125. The molecule has 0 saturated heterocycles. The molecule has 2 amide bonds. The van der Waals surface area contributed by atoms with Gasteiger partial charge in [-0.15, -0.1) is 11.8 Å². The number of thioether (sulfide) groups is 1. The smallest absolute Gasteiger partial charge is 0.269 e. The number of carbonyl (C=O) groups is 2. The van der Waals surface area contributed by atoms with Crippen LogP contribution in [0.2, 0.25) is 0 Å². The number of nitrogens with zero attached hydrogens (tertiary/aromatic N) is 2. The normalized spacial score (nSPS) is 11.6. The number of aromatic nitrogens is 1. The molecule has 5 aromatic rings. The second-order valence-corrected chi connectivity index (χ2v) is 10.4. The lowest BCUT2D eigenvalue weighted by Crippen LogP contribution is -2.19. The molecule has 0 aliphatic carbocycles. The number of hydrogen-bond donors (Lipinski definition) is 2. The molecule has 0 aliphatic heterocycles. The molecule has 38 heavy (non-hydrogen) atoms. The van der Waals surface area contributed by atoms with Crippen LogP contribution < -0.4 is 10.6 Å². The number of nitrogens with one attached hydrogen (secondary N) is 2. The van der Waals surface area contributed by atoms with Gasteiger partial charge in [-0.3, -0.25) is 19.7 Å². The van der Waals surface area contributed by atoms with Crippen LogP contribution in [0, 0.1) is 10.1 Å². The highest BCUT2D eigenvalue weighted by molar-refractivity contribution is 8.00. The standard InChI is InChI=1S/C28H20N4O4S2/c33-26(19-13-15-21(16-14-19)32(35)36)29-20-9-6-10-22(17-20)37-25(18-7-2-1-3-8-18)27(34)31-28-30-23-11-4-5-12-24(23)38-28/h1-17,25H,(H,29,33)(H,30,31,34).